The number of piperidine rings is 1. The van der Waals surface area contributed by atoms with Crippen LogP contribution in [0.1, 0.15) is 44.9 Å². The average Bonchev–Trinajstić information content (AvgIpc) is 2.69. The largest absolute Gasteiger partial charge is 0.378 e. The molecule has 0 unspecified atom stereocenters. The fourth-order valence-electron chi connectivity index (χ4n) is 4.08. The number of nitrogens with zero attached hydrogens (tertiary/aromatic N) is 2. The summed E-state index contributed by atoms with van der Waals surface area (Å²) >= 11 is 0. The van der Waals surface area contributed by atoms with Crippen LogP contribution in [0.3, 0.4) is 0 Å². The number of hydrogen-bond donors (Lipinski definition) is 0. The van der Waals surface area contributed by atoms with E-state index in [-0.39, 0.29) is 22.8 Å². The zero-order valence-corrected chi connectivity index (χ0v) is 13.2. The summed E-state index contributed by atoms with van der Waals surface area (Å²) in [4.78, 5) is 28.0. The summed E-state index contributed by atoms with van der Waals surface area (Å²) in [5, 5.41) is 0. The van der Waals surface area contributed by atoms with Gasteiger partial charge in [-0.25, -0.2) is 0 Å². The second kappa shape index (κ2) is 5.27. The molecule has 0 radical (unpaired) electrons. The molecule has 3 aliphatic rings. The van der Waals surface area contributed by atoms with Gasteiger partial charge in [0.15, 0.2) is 0 Å². The van der Waals surface area contributed by atoms with E-state index in [2.05, 4.69) is 0 Å². The summed E-state index contributed by atoms with van der Waals surface area (Å²) in [5.74, 6) is 0.478. The SMILES string of the molecule is COC1(CC(=O)N2CCC3(CC2)CC(=O)N(C)C3)CCC1. The lowest BCUT2D eigenvalue weighted by atomic mass is 9.75. The Hall–Kier alpha value is -1.10. The Labute approximate surface area is 126 Å². The second-order valence-corrected chi connectivity index (χ2v) is 7.22. The maximum Gasteiger partial charge on any atom is 0.225 e. The third kappa shape index (κ3) is 2.68. The molecule has 1 spiro atoms. The van der Waals surface area contributed by atoms with E-state index < -0.39 is 0 Å². The molecular weight excluding hydrogens is 268 g/mol. The Morgan fingerprint density at radius 3 is 2.33 bits per heavy atom. The van der Waals surface area contributed by atoms with Gasteiger partial charge in [0.2, 0.25) is 11.8 Å². The summed E-state index contributed by atoms with van der Waals surface area (Å²) in [5.41, 5.74) is -0.0617. The monoisotopic (exact) mass is 294 g/mol. The Morgan fingerprint density at radius 2 is 1.90 bits per heavy atom. The summed E-state index contributed by atoms with van der Waals surface area (Å²) < 4.78 is 5.56. The number of carbonyl (C=O) groups excluding carboxylic acids is 2. The zero-order chi connectivity index (χ0) is 15.1. The first-order chi connectivity index (χ1) is 9.98. The quantitative estimate of drug-likeness (QED) is 0.791. The second-order valence-electron chi connectivity index (χ2n) is 7.22. The topological polar surface area (TPSA) is 49.9 Å². The van der Waals surface area contributed by atoms with Crippen molar-refractivity contribution in [2.75, 3.05) is 33.8 Å². The van der Waals surface area contributed by atoms with Crippen LogP contribution in [0.15, 0.2) is 0 Å². The molecule has 2 amide bonds. The van der Waals surface area contributed by atoms with Crippen molar-refractivity contribution in [3.8, 4) is 0 Å². The fraction of sp³-hybridized carbons (Fsp3) is 0.875. The van der Waals surface area contributed by atoms with E-state index in [9.17, 15) is 9.59 Å². The number of methoxy groups -OCH3 is 1. The standard InChI is InChI=1S/C16H26N2O3/c1-17-12-15(10-13(17)19)6-8-18(9-7-15)14(20)11-16(21-2)4-3-5-16/h3-12H2,1-2H3. The van der Waals surface area contributed by atoms with Gasteiger partial charge in [0.25, 0.3) is 0 Å². The van der Waals surface area contributed by atoms with E-state index in [0.29, 0.717) is 12.8 Å². The average molecular weight is 294 g/mol. The molecule has 0 aromatic rings. The van der Waals surface area contributed by atoms with Gasteiger partial charge in [0.1, 0.15) is 0 Å². The lowest BCUT2D eigenvalue weighted by molar-refractivity contribution is -0.146. The van der Waals surface area contributed by atoms with Crippen LogP contribution in [0, 0.1) is 5.41 Å². The van der Waals surface area contributed by atoms with Gasteiger partial charge in [-0.1, -0.05) is 0 Å². The molecule has 118 valence electrons. The third-order valence-corrected chi connectivity index (χ3v) is 5.87. The first-order valence-corrected chi connectivity index (χ1v) is 8.05. The van der Waals surface area contributed by atoms with Gasteiger partial charge in [0.05, 0.1) is 12.0 Å². The van der Waals surface area contributed by atoms with Gasteiger partial charge in [-0.3, -0.25) is 9.59 Å². The molecule has 2 saturated heterocycles. The Morgan fingerprint density at radius 1 is 1.24 bits per heavy atom. The number of likely N-dealkylation sites (tertiary alicyclic amines) is 2. The van der Waals surface area contributed by atoms with Gasteiger partial charge in [-0.2, -0.15) is 0 Å². The maximum absolute atomic E-state index is 12.5. The minimum absolute atomic E-state index is 0.123. The number of hydrogen-bond acceptors (Lipinski definition) is 3. The van der Waals surface area contributed by atoms with Crippen molar-refractivity contribution in [3.05, 3.63) is 0 Å². The predicted octanol–water partition coefficient (Wildman–Crippen LogP) is 1.42. The van der Waals surface area contributed by atoms with E-state index in [1.54, 1.807) is 7.11 Å². The zero-order valence-electron chi connectivity index (χ0n) is 13.2. The minimum Gasteiger partial charge on any atom is -0.378 e. The van der Waals surface area contributed by atoms with Crippen molar-refractivity contribution in [2.45, 2.75) is 50.5 Å². The number of ether oxygens (including phenoxy) is 1. The van der Waals surface area contributed by atoms with Crippen LogP contribution in [0.25, 0.3) is 0 Å². The highest BCUT2D eigenvalue weighted by molar-refractivity contribution is 5.80. The molecule has 21 heavy (non-hydrogen) atoms. The molecule has 0 aromatic carbocycles. The molecule has 0 atom stereocenters. The van der Waals surface area contributed by atoms with Crippen molar-refractivity contribution in [1.82, 2.24) is 9.80 Å². The summed E-state index contributed by atoms with van der Waals surface area (Å²) in [7, 11) is 3.60. The highest BCUT2D eigenvalue weighted by Gasteiger charge is 2.45. The van der Waals surface area contributed by atoms with E-state index in [1.165, 1.54) is 6.42 Å². The van der Waals surface area contributed by atoms with Crippen molar-refractivity contribution in [2.24, 2.45) is 5.41 Å². The molecule has 2 aliphatic heterocycles. The van der Waals surface area contributed by atoms with Crippen LogP contribution in [0.5, 0.6) is 0 Å². The summed E-state index contributed by atoms with van der Waals surface area (Å²) in [6, 6.07) is 0. The van der Waals surface area contributed by atoms with Gasteiger partial charge in [0, 0.05) is 45.6 Å². The maximum atomic E-state index is 12.5. The van der Waals surface area contributed by atoms with Crippen LogP contribution in [0.4, 0.5) is 0 Å². The molecule has 3 rings (SSSR count). The lowest BCUT2D eigenvalue weighted by Crippen LogP contribution is -2.49. The minimum atomic E-state index is -0.185. The molecule has 0 N–H and O–H groups in total. The Balaban J connectivity index is 1.54. The first kappa shape index (κ1) is 14.8. The fourth-order valence-corrected chi connectivity index (χ4v) is 4.08. The molecular formula is C16H26N2O3. The number of amides is 2. The van der Waals surface area contributed by atoms with E-state index >= 15 is 0 Å². The molecule has 5 nitrogen and oxygen atoms in total. The van der Waals surface area contributed by atoms with Crippen molar-refractivity contribution in [3.63, 3.8) is 0 Å². The molecule has 5 heteroatoms. The molecule has 0 aromatic heterocycles. The molecule has 2 heterocycles. The predicted molar refractivity (Wildman–Crippen MR) is 78.7 cm³/mol. The van der Waals surface area contributed by atoms with Gasteiger partial charge in [-0.05, 0) is 32.1 Å². The smallest absolute Gasteiger partial charge is 0.225 e. The van der Waals surface area contributed by atoms with Crippen molar-refractivity contribution in [1.29, 1.82) is 0 Å². The third-order valence-electron chi connectivity index (χ3n) is 5.87. The van der Waals surface area contributed by atoms with Crippen LogP contribution in [-0.4, -0.2) is 61.0 Å². The lowest BCUT2D eigenvalue weighted by Gasteiger charge is -2.43. The van der Waals surface area contributed by atoms with Gasteiger partial charge in [-0.15, -0.1) is 0 Å². The number of carbonyl (C=O) groups is 2. The van der Waals surface area contributed by atoms with E-state index in [1.807, 2.05) is 16.8 Å². The van der Waals surface area contributed by atoms with Gasteiger partial charge >= 0.3 is 0 Å². The van der Waals surface area contributed by atoms with Crippen LogP contribution >= 0.6 is 0 Å². The van der Waals surface area contributed by atoms with E-state index in [0.717, 1.165) is 45.3 Å². The van der Waals surface area contributed by atoms with Gasteiger partial charge < -0.3 is 14.5 Å². The van der Waals surface area contributed by atoms with Crippen molar-refractivity contribution < 1.29 is 14.3 Å². The molecule has 3 fully saturated rings. The Kier molecular flexibility index (Phi) is 3.72. The van der Waals surface area contributed by atoms with Crippen molar-refractivity contribution >= 4 is 11.8 Å². The highest BCUT2D eigenvalue weighted by atomic mass is 16.5. The highest BCUT2D eigenvalue weighted by Crippen LogP contribution is 2.42. The summed E-state index contributed by atoms with van der Waals surface area (Å²) in [6.07, 6.45) is 6.27. The molecule has 1 saturated carbocycles. The first-order valence-electron chi connectivity index (χ1n) is 8.05. The molecule has 0 bridgehead atoms. The molecule has 1 aliphatic carbocycles. The number of rotatable bonds is 3. The van der Waals surface area contributed by atoms with Crippen LogP contribution < -0.4 is 0 Å². The van der Waals surface area contributed by atoms with Crippen LogP contribution in [-0.2, 0) is 14.3 Å². The summed E-state index contributed by atoms with van der Waals surface area (Å²) in [6.45, 7) is 2.44. The van der Waals surface area contributed by atoms with Crippen LogP contribution in [0.2, 0.25) is 0 Å². The van der Waals surface area contributed by atoms with E-state index in [4.69, 9.17) is 4.74 Å². The normalized spacial score (nSPS) is 27.0. The Bertz CT molecular complexity index is 431.